The summed E-state index contributed by atoms with van der Waals surface area (Å²) in [6.45, 7) is 6.95. The summed E-state index contributed by atoms with van der Waals surface area (Å²) in [5.41, 5.74) is 1.17. The molecule has 0 bridgehead atoms. The fourth-order valence-corrected chi connectivity index (χ4v) is 3.20. The van der Waals surface area contributed by atoms with Gasteiger partial charge in [0.15, 0.2) is 5.82 Å². The number of piperidine rings is 1. The smallest absolute Gasteiger partial charge is 0.223 e. The molecule has 1 aliphatic rings. The SMILES string of the molecule is Cc1nc(C2CCCN(Cc3csc(C)n3)C2)no1. The molecule has 1 atom stereocenters. The van der Waals surface area contributed by atoms with Crippen LogP contribution in [0.1, 0.15) is 41.2 Å². The Hall–Kier alpha value is -1.27. The third-order valence-corrected chi connectivity index (χ3v) is 4.29. The van der Waals surface area contributed by atoms with Crippen molar-refractivity contribution in [2.45, 2.75) is 39.2 Å². The van der Waals surface area contributed by atoms with Crippen molar-refractivity contribution in [1.82, 2.24) is 20.0 Å². The topological polar surface area (TPSA) is 55.1 Å². The van der Waals surface area contributed by atoms with E-state index < -0.39 is 0 Å². The van der Waals surface area contributed by atoms with Crippen molar-refractivity contribution in [3.8, 4) is 0 Å². The highest BCUT2D eigenvalue weighted by Crippen LogP contribution is 2.26. The first-order valence-corrected chi connectivity index (χ1v) is 7.52. The Morgan fingerprint density at radius 1 is 1.42 bits per heavy atom. The molecule has 1 aliphatic heterocycles. The minimum atomic E-state index is 0.394. The molecule has 1 fully saturated rings. The van der Waals surface area contributed by atoms with Gasteiger partial charge in [0.1, 0.15) is 0 Å². The van der Waals surface area contributed by atoms with Gasteiger partial charge in [-0.05, 0) is 26.3 Å². The highest BCUT2D eigenvalue weighted by atomic mass is 32.1. The zero-order valence-electron chi connectivity index (χ0n) is 11.3. The van der Waals surface area contributed by atoms with Crippen LogP contribution in [0, 0.1) is 13.8 Å². The van der Waals surface area contributed by atoms with Crippen LogP contribution in [0.4, 0.5) is 0 Å². The molecule has 0 aliphatic carbocycles. The molecule has 2 aromatic rings. The van der Waals surface area contributed by atoms with Gasteiger partial charge in [0, 0.05) is 31.3 Å². The first-order valence-electron chi connectivity index (χ1n) is 6.64. The van der Waals surface area contributed by atoms with Crippen molar-refractivity contribution < 1.29 is 4.52 Å². The summed E-state index contributed by atoms with van der Waals surface area (Å²) >= 11 is 1.72. The lowest BCUT2D eigenvalue weighted by Crippen LogP contribution is -2.34. The van der Waals surface area contributed by atoms with Gasteiger partial charge in [-0.2, -0.15) is 4.98 Å². The standard InChI is InChI=1S/C13H18N4OS/c1-9-14-13(16-18-9)11-4-3-5-17(6-11)7-12-8-19-10(2)15-12/h8,11H,3-7H2,1-2H3. The number of hydrogen-bond donors (Lipinski definition) is 0. The predicted molar refractivity (Wildman–Crippen MR) is 73.1 cm³/mol. The average molecular weight is 278 g/mol. The molecule has 0 radical (unpaired) electrons. The lowest BCUT2D eigenvalue weighted by atomic mass is 9.97. The van der Waals surface area contributed by atoms with E-state index in [9.17, 15) is 0 Å². The summed E-state index contributed by atoms with van der Waals surface area (Å²) in [6.07, 6.45) is 2.33. The first-order chi connectivity index (χ1) is 9.20. The van der Waals surface area contributed by atoms with Crippen LogP contribution >= 0.6 is 11.3 Å². The zero-order chi connectivity index (χ0) is 13.2. The van der Waals surface area contributed by atoms with Crippen LogP contribution in [-0.2, 0) is 6.54 Å². The number of aryl methyl sites for hydroxylation is 2. The lowest BCUT2D eigenvalue weighted by molar-refractivity contribution is 0.193. The minimum absolute atomic E-state index is 0.394. The molecule has 1 saturated heterocycles. The van der Waals surface area contributed by atoms with Crippen LogP contribution in [0.5, 0.6) is 0 Å². The van der Waals surface area contributed by atoms with E-state index in [4.69, 9.17) is 4.52 Å². The molecule has 1 unspecified atom stereocenters. The predicted octanol–water partition coefficient (Wildman–Crippen LogP) is 2.52. The maximum absolute atomic E-state index is 5.08. The largest absolute Gasteiger partial charge is 0.340 e. The molecule has 0 aromatic carbocycles. The van der Waals surface area contributed by atoms with Crippen LogP contribution in [0.2, 0.25) is 0 Å². The Morgan fingerprint density at radius 2 is 2.32 bits per heavy atom. The molecule has 2 aromatic heterocycles. The Kier molecular flexibility index (Phi) is 3.61. The molecule has 102 valence electrons. The van der Waals surface area contributed by atoms with E-state index in [0.717, 1.165) is 36.9 Å². The fourth-order valence-electron chi connectivity index (χ4n) is 2.60. The van der Waals surface area contributed by atoms with Gasteiger partial charge in [-0.1, -0.05) is 5.16 Å². The molecule has 6 heteroatoms. The minimum Gasteiger partial charge on any atom is -0.340 e. The van der Waals surface area contributed by atoms with Crippen LogP contribution < -0.4 is 0 Å². The third-order valence-electron chi connectivity index (χ3n) is 3.47. The van der Waals surface area contributed by atoms with Gasteiger partial charge >= 0.3 is 0 Å². The molecule has 3 rings (SSSR count). The van der Waals surface area contributed by atoms with E-state index in [-0.39, 0.29) is 0 Å². The second kappa shape index (κ2) is 5.38. The van der Waals surface area contributed by atoms with Crippen molar-refractivity contribution in [2.24, 2.45) is 0 Å². The van der Waals surface area contributed by atoms with Gasteiger partial charge in [-0.25, -0.2) is 4.98 Å². The summed E-state index contributed by atoms with van der Waals surface area (Å²) < 4.78 is 5.08. The summed E-state index contributed by atoms with van der Waals surface area (Å²) in [5.74, 6) is 1.91. The van der Waals surface area contributed by atoms with E-state index in [1.54, 1.807) is 11.3 Å². The highest BCUT2D eigenvalue weighted by molar-refractivity contribution is 7.09. The van der Waals surface area contributed by atoms with E-state index in [0.29, 0.717) is 11.8 Å². The molecule has 3 heterocycles. The third kappa shape index (κ3) is 3.01. The second-order valence-corrected chi connectivity index (χ2v) is 6.17. The molecular weight excluding hydrogens is 260 g/mol. The summed E-state index contributed by atoms with van der Waals surface area (Å²) in [7, 11) is 0. The average Bonchev–Trinajstić information content (AvgIpc) is 2.99. The van der Waals surface area contributed by atoms with Gasteiger partial charge in [0.2, 0.25) is 5.89 Å². The Morgan fingerprint density at radius 3 is 3.00 bits per heavy atom. The van der Waals surface area contributed by atoms with Gasteiger partial charge in [0.05, 0.1) is 10.7 Å². The lowest BCUT2D eigenvalue weighted by Gasteiger charge is -2.30. The van der Waals surface area contributed by atoms with E-state index in [1.807, 2.05) is 6.92 Å². The van der Waals surface area contributed by atoms with Crippen LogP contribution in [0.25, 0.3) is 0 Å². The molecule has 0 amide bonds. The normalized spacial score (nSPS) is 20.8. The first kappa shape index (κ1) is 12.7. The highest BCUT2D eigenvalue weighted by Gasteiger charge is 2.25. The van der Waals surface area contributed by atoms with E-state index in [1.165, 1.54) is 12.1 Å². The Labute approximate surface area is 116 Å². The molecular formula is C13H18N4OS. The Bertz CT molecular complexity index is 550. The summed E-state index contributed by atoms with van der Waals surface area (Å²) in [5, 5.41) is 7.35. The molecule has 0 saturated carbocycles. The number of hydrogen-bond acceptors (Lipinski definition) is 6. The maximum atomic E-state index is 5.08. The molecule has 0 N–H and O–H groups in total. The van der Waals surface area contributed by atoms with Crippen molar-refractivity contribution >= 4 is 11.3 Å². The molecule has 0 spiro atoms. The van der Waals surface area contributed by atoms with Crippen molar-refractivity contribution in [3.05, 3.63) is 27.8 Å². The number of thiazole rings is 1. The van der Waals surface area contributed by atoms with Gasteiger partial charge in [-0.15, -0.1) is 11.3 Å². The van der Waals surface area contributed by atoms with Crippen molar-refractivity contribution in [3.63, 3.8) is 0 Å². The monoisotopic (exact) mass is 278 g/mol. The summed E-state index contributed by atoms with van der Waals surface area (Å²) in [6, 6.07) is 0. The van der Waals surface area contributed by atoms with Crippen molar-refractivity contribution in [1.29, 1.82) is 0 Å². The van der Waals surface area contributed by atoms with Crippen LogP contribution in [-0.4, -0.2) is 33.1 Å². The van der Waals surface area contributed by atoms with Crippen LogP contribution in [0.3, 0.4) is 0 Å². The van der Waals surface area contributed by atoms with Gasteiger partial charge in [0.25, 0.3) is 0 Å². The molecule has 5 nitrogen and oxygen atoms in total. The Balaban J connectivity index is 1.64. The number of aromatic nitrogens is 3. The van der Waals surface area contributed by atoms with Crippen LogP contribution in [0.15, 0.2) is 9.90 Å². The van der Waals surface area contributed by atoms with E-state index in [2.05, 4.69) is 32.3 Å². The van der Waals surface area contributed by atoms with Gasteiger partial charge < -0.3 is 4.52 Å². The van der Waals surface area contributed by atoms with Crippen molar-refractivity contribution in [2.75, 3.05) is 13.1 Å². The molecule has 19 heavy (non-hydrogen) atoms. The zero-order valence-corrected chi connectivity index (χ0v) is 12.1. The number of rotatable bonds is 3. The van der Waals surface area contributed by atoms with Gasteiger partial charge in [-0.3, -0.25) is 4.90 Å². The number of nitrogens with zero attached hydrogens (tertiary/aromatic N) is 4. The quantitative estimate of drug-likeness (QED) is 0.863. The fraction of sp³-hybridized carbons (Fsp3) is 0.615. The second-order valence-electron chi connectivity index (χ2n) is 5.10. The maximum Gasteiger partial charge on any atom is 0.223 e. The summed E-state index contributed by atoms with van der Waals surface area (Å²) in [4.78, 5) is 11.3. The van der Waals surface area contributed by atoms with E-state index >= 15 is 0 Å². The number of likely N-dealkylation sites (tertiary alicyclic amines) is 1.